The summed E-state index contributed by atoms with van der Waals surface area (Å²) in [5, 5.41) is 2.90. The minimum absolute atomic E-state index is 0.00584. The third-order valence-electron chi connectivity index (χ3n) is 3.85. The lowest BCUT2D eigenvalue weighted by Crippen LogP contribution is -2.56. The van der Waals surface area contributed by atoms with Crippen LogP contribution < -0.4 is 5.32 Å². The Kier molecular flexibility index (Phi) is 4.10. The second kappa shape index (κ2) is 6.17. The van der Waals surface area contributed by atoms with Crippen LogP contribution in [0, 0.1) is 5.92 Å². The van der Waals surface area contributed by atoms with Gasteiger partial charge >= 0.3 is 0 Å². The molecule has 0 bridgehead atoms. The molecule has 112 valence electrons. The molecule has 7 nitrogen and oxygen atoms in total. The summed E-state index contributed by atoms with van der Waals surface area (Å²) in [6.07, 6.45) is 6.65. The summed E-state index contributed by atoms with van der Waals surface area (Å²) in [4.78, 5) is 33.4. The monoisotopic (exact) mass is 290 g/mol. The minimum atomic E-state index is -0.175. The van der Waals surface area contributed by atoms with Gasteiger partial charge in [0, 0.05) is 38.6 Å². The molecule has 7 heteroatoms. The van der Waals surface area contributed by atoms with Gasteiger partial charge in [-0.2, -0.15) is 0 Å². The van der Waals surface area contributed by atoms with Crippen LogP contribution >= 0.6 is 0 Å². The van der Waals surface area contributed by atoms with Gasteiger partial charge in [0.2, 0.25) is 5.91 Å². The molecule has 1 atom stereocenters. The predicted octanol–water partition coefficient (Wildman–Crippen LogP) is -0.156. The fourth-order valence-corrected chi connectivity index (χ4v) is 2.55. The highest BCUT2D eigenvalue weighted by Gasteiger charge is 2.36. The van der Waals surface area contributed by atoms with Gasteiger partial charge in [-0.1, -0.05) is 0 Å². The Bertz CT molecular complexity index is 510. The number of aromatic nitrogens is 2. The number of carbonyl (C=O) groups is 2. The predicted molar refractivity (Wildman–Crippen MR) is 73.4 cm³/mol. The molecule has 0 radical (unpaired) electrons. The van der Waals surface area contributed by atoms with Crippen molar-refractivity contribution in [3.63, 3.8) is 0 Å². The van der Waals surface area contributed by atoms with E-state index in [4.69, 9.17) is 4.74 Å². The van der Waals surface area contributed by atoms with Crippen LogP contribution in [0.15, 0.2) is 18.6 Å². The smallest absolute Gasteiger partial charge is 0.274 e. The maximum atomic E-state index is 12.0. The molecule has 0 aliphatic carbocycles. The highest BCUT2D eigenvalue weighted by molar-refractivity contribution is 5.94. The summed E-state index contributed by atoms with van der Waals surface area (Å²) in [6, 6.07) is 0. The van der Waals surface area contributed by atoms with Crippen molar-refractivity contribution >= 4 is 11.8 Å². The highest BCUT2D eigenvalue weighted by Crippen LogP contribution is 2.18. The van der Waals surface area contributed by atoms with Crippen molar-refractivity contribution in [1.29, 1.82) is 0 Å². The minimum Gasteiger partial charge on any atom is -0.376 e. The van der Waals surface area contributed by atoms with Crippen molar-refractivity contribution in [3.05, 3.63) is 24.3 Å². The summed E-state index contributed by atoms with van der Waals surface area (Å²) in [7, 11) is 0. The van der Waals surface area contributed by atoms with Crippen LogP contribution in [0.2, 0.25) is 0 Å². The van der Waals surface area contributed by atoms with E-state index in [1.165, 1.54) is 18.6 Å². The lowest BCUT2D eigenvalue weighted by Gasteiger charge is -2.38. The van der Waals surface area contributed by atoms with E-state index in [1.54, 1.807) is 4.90 Å². The number of rotatable bonds is 4. The Morgan fingerprint density at radius 2 is 2.24 bits per heavy atom. The lowest BCUT2D eigenvalue weighted by molar-refractivity contribution is -0.129. The van der Waals surface area contributed by atoms with E-state index in [-0.39, 0.29) is 23.8 Å². The van der Waals surface area contributed by atoms with Gasteiger partial charge in [-0.05, 0) is 12.8 Å². The van der Waals surface area contributed by atoms with E-state index in [9.17, 15) is 9.59 Å². The van der Waals surface area contributed by atoms with E-state index >= 15 is 0 Å². The van der Waals surface area contributed by atoms with Crippen molar-refractivity contribution < 1.29 is 14.3 Å². The van der Waals surface area contributed by atoms with Gasteiger partial charge in [-0.25, -0.2) is 4.98 Å². The molecular weight excluding hydrogens is 272 g/mol. The molecule has 1 N–H and O–H groups in total. The Balaban J connectivity index is 1.42. The maximum absolute atomic E-state index is 12.0. The van der Waals surface area contributed by atoms with Gasteiger partial charge in [-0.15, -0.1) is 0 Å². The van der Waals surface area contributed by atoms with Crippen molar-refractivity contribution in [2.24, 2.45) is 5.92 Å². The van der Waals surface area contributed by atoms with Crippen molar-refractivity contribution in [2.75, 3.05) is 26.2 Å². The molecule has 0 aromatic carbocycles. The molecule has 1 aromatic rings. The number of likely N-dealkylation sites (tertiary alicyclic amines) is 1. The Hall–Kier alpha value is -2.02. The van der Waals surface area contributed by atoms with Crippen molar-refractivity contribution in [2.45, 2.75) is 18.9 Å². The molecule has 21 heavy (non-hydrogen) atoms. The Morgan fingerprint density at radius 1 is 1.38 bits per heavy atom. The van der Waals surface area contributed by atoms with Crippen LogP contribution in [0.1, 0.15) is 23.3 Å². The van der Waals surface area contributed by atoms with E-state index in [1.807, 2.05) is 0 Å². The third-order valence-corrected chi connectivity index (χ3v) is 3.85. The first-order valence-corrected chi connectivity index (χ1v) is 7.18. The molecule has 0 spiro atoms. The standard InChI is InChI=1S/C14H18N4O3/c19-13(17-6-11-2-1-5-21-11)10-8-18(9-10)14(20)12-7-15-3-4-16-12/h3-4,7,10-11H,1-2,5-6,8-9H2,(H,17,19)/t11-/m1/s1. The third kappa shape index (κ3) is 3.18. The van der Waals surface area contributed by atoms with Gasteiger partial charge < -0.3 is 15.0 Å². The average molecular weight is 290 g/mol. The zero-order valence-electron chi connectivity index (χ0n) is 11.7. The van der Waals surface area contributed by atoms with Gasteiger partial charge in [0.1, 0.15) is 5.69 Å². The van der Waals surface area contributed by atoms with Crippen molar-refractivity contribution in [3.8, 4) is 0 Å². The molecule has 2 fully saturated rings. The summed E-state index contributed by atoms with van der Waals surface area (Å²) >= 11 is 0. The molecule has 2 aliphatic heterocycles. The van der Waals surface area contributed by atoms with Crippen LogP contribution in [-0.2, 0) is 9.53 Å². The first-order chi connectivity index (χ1) is 10.2. The number of carbonyl (C=O) groups excluding carboxylic acids is 2. The number of hydrogen-bond donors (Lipinski definition) is 1. The largest absolute Gasteiger partial charge is 0.376 e. The normalized spacial score (nSPS) is 21.9. The summed E-state index contributed by atoms with van der Waals surface area (Å²) < 4.78 is 5.46. The number of nitrogens with one attached hydrogen (secondary N) is 1. The van der Waals surface area contributed by atoms with Crippen LogP contribution in [-0.4, -0.2) is 59.0 Å². The van der Waals surface area contributed by atoms with Crippen LogP contribution in [0.3, 0.4) is 0 Å². The summed E-state index contributed by atoms with van der Waals surface area (Å²) in [5.74, 6) is -0.313. The van der Waals surface area contributed by atoms with E-state index in [2.05, 4.69) is 15.3 Å². The van der Waals surface area contributed by atoms with Gasteiger partial charge in [0.25, 0.3) is 5.91 Å². The fourth-order valence-electron chi connectivity index (χ4n) is 2.55. The van der Waals surface area contributed by atoms with Crippen LogP contribution in [0.5, 0.6) is 0 Å². The lowest BCUT2D eigenvalue weighted by atomic mass is 9.98. The Labute approximate surface area is 122 Å². The second-order valence-electron chi connectivity index (χ2n) is 5.38. The van der Waals surface area contributed by atoms with E-state index < -0.39 is 0 Å². The molecule has 2 aliphatic rings. The number of ether oxygens (including phenoxy) is 1. The molecule has 0 unspecified atom stereocenters. The quantitative estimate of drug-likeness (QED) is 0.833. The first-order valence-electron chi connectivity index (χ1n) is 7.18. The molecule has 2 amide bonds. The number of amides is 2. The van der Waals surface area contributed by atoms with E-state index in [0.717, 1.165) is 19.4 Å². The molecule has 3 rings (SSSR count). The zero-order valence-corrected chi connectivity index (χ0v) is 11.7. The van der Waals surface area contributed by atoms with Crippen LogP contribution in [0.4, 0.5) is 0 Å². The van der Waals surface area contributed by atoms with Gasteiger partial charge in [0.15, 0.2) is 0 Å². The molecule has 2 saturated heterocycles. The fraction of sp³-hybridized carbons (Fsp3) is 0.571. The van der Waals surface area contributed by atoms with E-state index in [0.29, 0.717) is 25.3 Å². The SMILES string of the molecule is O=C(NC[C@H]1CCCO1)C1CN(C(=O)c2cnccn2)C1. The molecule has 1 aromatic heterocycles. The number of hydrogen-bond acceptors (Lipinski definition) is 5. The average Bonchev–Trinajstić information content (AvgIpc) is 2.97. The Morgan fingerprint density at radius 3 is 2.90 bits per heavy atom. The molecule has 0 saturated carbocycles. The maximum Gasteiger partial charge on any atom is 0.274 e. The highest BCUT2D eigenvalue weighted by atomic mass is 16.5. The zero-order chi connectivity index (χ0) is 14.7. The number of nitrogens with zero attached hydrogens (tertiary/aromatic N) is 3. The van der Waals surface area contributed by atoms with Crippen LogP contribution in [0.25, 0.3) is 0 Å². The van der Waals surface area contributed by atoms with Crippen molar-refractivity contribution in [1.82, 2.24) is 20.2 Å². The topological polar surface area (TPSA) is 84.4 Å². The summed E-state index contributed by atoms with van der Waals surface area (Å²) in [6.45, 7) is 2.22. The summed E-state index contributed by atoms with van der Waals surface area (Å²) in [5.41, 5.74) is 0.315. The second-order valence-corrected chi connectivity index (χ2v) is 5.38. The van der Waals surface area contributed by atoms with Gasteiger partial charge in [-0.3, -0.25) is 14.6 Å². The first kappa shape index (κ1) is 13.9. The molecule has 3 heterocycles. The van der Waals surface area contributed by atoms with Gasteiger partial charge in [0.05, 0.1) is 18.2 Å². The molecular formula is C14H18N4O3.